The Morgan fingerprint density at radius 2 is 2.04 bits per heavy atom. The number of aryl methyl sites for hydroxylation is 2. The Hall–Kier alpha value is -2.50. The number of hydrogen-bond donors (Lipinski definition) is 1. The van der Waals surface area contributed by atoms with Gasteiger partial charge in [0.05, 0.1) is 18.4 Å². The maximum absolute atomic E-state index is 12.2. The first-order valence-electron chi connectivity index (χ1n) is 8.57. The van der Waals surface area contributed by atoms with Crippen LogP contribution in [0.2, 0.25) is 0 Å². The molecule has 0 aliphatic carbocycles. The highest BCUT2D eigenvalue weighted by molar-refractivity contribution is 5.94. The minimum atomic E-state index is -0.105. The lowest BCUT2D eigenvalue weighted by Crippen LogP contribution is -2.24. The third-order valence-corrected chi connectivity index (χ3v) is 4.04. The molecule has 2 rings (SSSR count). The topological polar surface area (TPSA) is 73.6 Å². The zero-order chi connectivity index (χ0) is 18.2. The van der Waals surface area contributed by atoms with Crippen LogP contribution in [-0.2, 0) is 6.61 Å². The fourth-order valence-corrected chi connectivity index (χ4v) is 2.46. The van der Waals surface area contributed by atoms with Crippen LogP contribution in [0.4, 0.5) is 0 Å². The second-order valence-electron chi connectivity index (χ2n) is 5.92. The number of amides is 1. The second-order valence-corrected chi connectivity index (χ2v) is 5.92. The summed E-state index contributed by atoms with van der Waals surface area (Å²) in [6, 6.07) is 5.18. The molecule has 1 aromatic heterocycles. The van der Waals surface area contributed by atoms with E-state index in [9.17, 15) is 4.79 Å². The fraction of sp³-hybridized carbons (Fsp3) is 0.474. The maximum atomic E-state index is 12.2. The molecule has 0 radical (unpaired) electrons. The third kappa shape index (κ3) is 4.98. The van der Waals surface area contributed by atoms with E-state index in [1.807, 2.05) is 13.8 Å². The van der Waals surface area contributed by atoms with Crippen LogP contribution in [0.15, 0.2) is 22.7 Å². The highest BCUT2D eigenvalue weighted by atomic mass is 16.5. The summed E-state index contributed by atoms with van der Waals surface area (Å²) in [6.45, 7) is 6.87. The summed E-state index contributed by atoms with van der Waals surface area (Å²) in [6.07, 6.45) is 3.22. The van der Waals surface area contributed by atoms with Gasteiger partial charge in [-0.3, -0.25) is 4.79 Å². The van der Waals surface area contributed by atoms with Gasteiger partial charge in [0.1, 0.15) is 12.4 Å². The number of nitrogens with one attached hydrogen (secondary N) is 1. The zero-order valence-electron chi connectivity index (χ0n) is 15.3. The van der Waals surface area contributed by atoms with Crippen molar-refractivity contribution in [3.05, 3.63) is 40.8 Å². The van der Waals surface area contributed by atoms with Crippen LogP contribution in [0.25, 0.3) is 0 Å². The average Bonchev–Trinajstić information content (AvgIpc) is 2.94. The van der Waals surface area contributed by atoms with Crippen molar-refractivity contribution in [3.8, 4) is 11.5 Å². The summed E-state index contributed by atoms with van der Waals surface area (Å²) in [4.78, 5) is 12.2. The summed E-state index contributed by atoms with van der Waals surface area (Å²) in [7, 11) is 1.56. The van der Waals surface area contributed by atoms with Crippen molar-refractivity contribution in [3.63, 3.8) is 0 Å². The molecule has 6 heteroatoms. The van der Waals surface area contributed by atoms with Crippen molar-refractivity contribution in [1.82, 2.24) is 10.5 Å². The highest BCUT2D eigenvalue weighted by Crippen LogP contribution is 2.29. The average molecular weight is 346 g/mol. The van der Waals surface area contributed by atoms with Crippen LogP contribution < -0.4 is 14.8 Å². The quantitative estimate of drug-likeness (QED) is 0.699. The van der Waals surface area contributed by atoms with Crippen LogP contribution in [-0.4, -0.2) is 24.7 Å². The minimum Gasteiger partial charge on any atom is -0.493 e. The molecule has 136 valence electrons. The van der Waals surface area contributed by atoms with Gasteiger partial charge in [-0.05, 0) is 38.5 Å². The molecule has 1 amide bonds. The summed E-state index contributed by atoms with van der Waals surface area (Å²) in [5.74, 6) is 1.73. The number of benzene rings is 1. The molecule has 0 atom stereocenters. The number of carbonyl (C=O) groups excluding carboxylic acids is 1. The Morgan fingerprint density at radius 1 is 1.24 bits per heavy atom. The molecule has 0 saturated carbocycles. The molecule has 1 aromatic carbocycles. The number of ether oxygens (including phenoxy) is 2. The number of aromatic nitrogens is 1. The second kappa shape index (κ2) is 9.11. The van der Waals surface area contributed by atoms with Crippen LogP contribution in [0.5, 0.6) is 11.5 Å². The SMILES string of the molecule is CCCCCNC(=O)c1ccc(OCc2c(C)noc2C)c(OC)c1. The van der Waals surface area contributed by atoms with Crippen molar-refractivity contribution in [2.75, 3.05) is 13.7 Å². The predicted octanol–water partition coefficient (Wildman–Crippen LogP) is 3.80. The summed E-state index contributed by atoms with van der Waals surface area (Å²) < 4.78 is 16.3. The Morgan fingerprint density at radius 3 is 2.68 bits per heavy atom. The van der Waals surface area contributed by atoms with Crippen molar-refractivity contribution in [1.29, 1.82) is 0 Å². The molecular formula is C19H26N2O4. The molecule has 0 aliphatic heterocycles. The van der Waals surface area contributed by atoms with E-state index in [2.05, 4.69) is 17.4 Å². The normalized spacial score (nSPS) is 10.6. The molecule has 2 aromatic rings. The molecule has 0 aliphatic rings. The molecule has 0 fully saturated rings. The first-order chi connectivity index (χ1) is 12.1. The largest absolute Gasteiger partial charge is 0.493 e. The Kier molecular flexibility index (Phi) is 6.86. The zero-order valence-corrected chi connectivity index (χ0v) is 15.3. The number of carbonyl (C=O) groups is 1. The Balaban J connectivity index is 2.02. The van der Waals surface area contributed by atoms with Gasteiger partial charge < -0.3 is 19.3 Å². The molecule has 0 spiro atoms. The molecule has 25 heavy (non-hydrogen) atoms. The maximum Gasteiger partial charge on any atom is 0.251 e. The van der Waals surface area contributed by atoms with Crippen molar-refractivity contribution in [2.24, 2.45) is 0 Å². The van der Waals surface area contributed by atoms with E-state index in [1.54, 1.807) is 25.3 Å². The van der Waals surface area contributed by atoms with Gasteiger partial charge in [-0.25, -0.2) is 0 Å². The van der Waals surface area contributed by atoms with Crippen molar-refractivity contribution < 1.29 is 18.8 Å². The number of hydrogen-bond acceptors (Lipinski definition) is 5. The molecular weight excluding hydrogens is 320 g/mol. The summed E-state index contributed by atoms with van der Waals surface area (Å²) in [5.41, 5.74) is 2.28. The monoisotopic (exact) mass is 346 g/mol. The smallest absolute Gasteiger partial charge is 0.251 e. The van der Waals surface area contributed by atoms with Crippen LogP contribution in [0.3, 0.4) is 0 Å². The van der Waals surface area contributed by atoms with Gasteiger partial charge in [0, 0.05) is 12.1 Å². The van der Waals surface area contributed by atoms with Gasteiger partial charge >= 0.3 is 0 Å². The van der Waals surface area contributed by atoms with Gasteiger partial charge in [0.25, 0.3) is 5.91 Å². The number of rotatable bonds is 9. The molecule has 1 N–H and O–H groups in total. The van der Waals surface area contributed by atoms with E-state index in [1.165, 1.54) is 0 Å². The van der Waals surface area contributed by atoms with Crippen molar-refractivity contribution >= 4 is 5.91 Å². The minimum absolute atomic E-state index is 0.105. The lowest BCUT2D eigenvalue weighted by molar-refractivity contribution is 0.0952. The fourth-order valence-electron chi connectivity index (χ4n) is 2.46. The first kappa shape index (κ1) is 18.8. The van der Waals surface area contributed by atoms with Gasteiger partial charge in [0.2, 0.25) is 0 Å². The van der Waals surface area contributed by atoms with Crippen molar-refractivity contribution in [2.45, 2.75) is 46.6 Å². The van der Waals surface area contributed by atoms with Crippen LogP contribution >= 0.6 is 0 Å². The predicted molar refractivity (Wildman–Crippen MR) is 95.2 cm³/mol. The lowest BCUT2D eigenvalue weighted by Gasteiger charge is -2.12. The van der Waals surface area contributed by atoms with Gasteiger partial charge in [-0.2, -0.15) is 0 Å². The van der Waals surface area contributed by atoms with Gasteiger partial charge in [-0.1, -0.05) is 24.9 Å². The van der Waals surface area contributed by atoms with E-state index < -0.39 is 0 Å². The summed E-state index contributed by atoms with van der Waals surface area (Å²) >= 11 is 0. The van der Waals surface area contributed by atoms with Crippen LogP contribution in [0.1, 0.15) is 53.6 Å². The highest BCUT2D eigenvalue weighted by Gasteiger charge is 2.14. The van der Waals surface area contributed by atoms with E-state index in [0.717, 1.165) is 36.3 Å². The third-order valence-electron chi connectivity index (χ3n) is 4.04. The number of unbranched alkanes of at least 4 members (excludes halogenated alkanes) is 2. The van der Waals surface area contributed by atoms with E-state index in [0.29, 0.717) is 30.2 Å². The molecule has 0 bridgehead atoms. The van der Waals surface area contributed by atoms with E-state index >= 15 is 0 Å². The molecule has 1 heterocycles. The van der Waals surface area contributed by atoms with Crippen LogP contribution in [0, 0.1) is 13.8 Å². The lowest BCUT2D eigenvalue weighted by atomic mass is 10.1. The van der Waals surface area contributed by atoms with E-state index in [4.69, 9.17) is 14.0 Å². The molecule has 0 unspecified atom stereocenters. The first-order valence-corrected chi connectivity index (χ1v) is 8.57. The molecule has 0 saturated heterocycles. The van der Waals surface area contributed by atoms with Gasteiger partial charge in [0.15, 0.2) is 11.5 Å². The number of nitrogens with zero attached hydrogens (tertiary/aromatic N) is 1. The molecule has 6 nitrogen and oxygen atoms in total. The summed E-state index contributed by atoms with van der Waals surface area (Å²) in [5, 5.41) is 6.83. The van der Waals surface area contributed by atoms with E-state index in [-0.39, 0.29) is 5.91 Å². The number of methoxy groups -OCH3 is 1. The standard InChI is InChI=1S/C19H26N2O4/c1-5-6-7-10-20-19(22)15-8-9-17(18(11-15)23-4)24-12-16-13(2)21-25-14(16)3/h8-9,11H,5-7,10,12H2,1-4H3,(H,20,22). The Labute approximate surface area is 148 Å². The Bertz CT molecular complexity index is 690. The van der Waals surface area contributed by atoms with Gasteiger partial charge in [-0.15, -0.1) is 0 Å².